The Kier molecular flexibility index (Phi) is 2.66. The fourth-order valence-electron chi connectivity index (χ4n) is 0.709. The minimum Gasteiger partial charge on any atom is -0.422 e. The monoisotopic (exact) mass is 167 g/mol. The summed E-state index contributed by atoms with van der Waals surface area (Å²) in [4.78, 5) is 3.79. The Morgan fingerprint density at radius 3 is 3.00 bits per heavy atom. The predicted octanol–water partition coefficient (Wildman–Crippen LogP) is 0.665. The predicted molar refractivity (Wildman–Crippen MR) is 41.0 cm³/mol. The van der Waals surface area contributed by atoms with Crippen molar-refractivity contribution >= 4 is 5.88 Å². The fraction of sp³-hybridized carbons (Fsp3) is 0.429. The second kappa shape index (κ2) is 3.74. The van der Waals surface area contributed by atoms with Crippen molar-refractivity contribution in [3.8, 4) is 6.07 Å². The molecule has 0 spiro atoms. The molecule has 0 amide bonds. The highest BCUT2D eigenvalue weighted by Crippen LogP contribution is 2.12. The highest BCUT2D eigenvalue weighted by atomic mass is 16.5. The van der Waals surface area contributed by atoms with Crippen molar-refractivity contribution in [3.05, 3.63) is 11.6 Å². The van der Waals surface area contributed by atoms with Crippen molar-refractivity contribution in [2.45, 2.75) is 13.5 Å². The van der Waals surface area contributed by atoms with E-state index in [1.165, 1.54) is 0 Å². The molecule has 5 heteroatoms. The van der Waals surface area contributed by atoms with Crippen LogP contribution in [0.3, 0.4) is 0 Å². The molecule has 1 heterocycles. The first-order chi connectivity index (χ1) is 5.77. The van der Waals surface area contributed by atoms with Crippen LogP contribution in [0.1, 0.15) is 18.5 Å². The molecule has 2 N–H and O–H groups in total. The summed E-state index contributed by atoms with van der Waals surface area (Å²) in [6.07, 6.45) is 0. The van der Waals surface area contributed by atoms with Gasteiger partial charge in [-0.15, -0.1) is 0 Å². The first-order valence-corrected chi connectivity index (χ1v) is 3.51. The van der Waals surface area contributed by atoms with E-state index >= 15 is 0 Å². The maximum atomic E-state index is 8.46. The molecule has 1 aromatic rings. The van der Waals surface area contributed by atoms with Crippen molar-refractivity contribution < 1.29 is 9.15 Å². The van der Waals surface area contributed by atoms with Crippen molar-refractivity contribution in [1.82, 2.24) is 4.98 Å². The molecule has 0 saturated carbocycles. The van der Waals surface area contributed by atoms with Gasteiger partial charge in [0.2, 0.25) is 17.5 Å². The van der Waals surface area contributed by atoms with Crippen LogP contribution in [-0.4, -0.2) is 11.6 Å². The van der Waals surface area contributed by atoms with Crippen LogP contribution >= 0.6 is 0 Å². The standard InChI is InChI=1S/C7H9N3O2/c1-2-11-4-6-10-5(3-8)7(9)12-6/h2,4,9H2,1H3. The normalized spacial score (nSPS) is 9.67. The van der Waals surface area contributed by atoms with Gasteiger partial charge in [0.15, 0.2) is 0 Å². The molecule has 0 saturated heterocycles. The number of hydrogen-bond donors (Lipinski definition) is 1. The van der Waals surface area contributed by atoms with Crippen LogP contribution in [0.25, 0.3) is 0 Å². The van der Waals surface area contributed by atoms with E-state index in [2.05, 4.69) is 4.98 Å². The van der Waals surface area contributed by atoms with E-state index in [4.69, 9.17) is 20.1 Å². The van der Waals surface area contributed by atoms with Crippen molar-refractivity contribution in [3.63, 3.8) is 0 Å². The van der Waals surface area contributed by atoms with E-state index < -0.39 is 0 Å². The first kappa shape index (κ1) is 8.56. The molecule has 0 bridgehead atoms. The molecule has 12 heavy (non-hydrogen) atoms. The van der Waals surface area contributed by atoms with E-state index in [9.17, 15) is 0 Å². The van der Waals surface area contributed by atoms with Gasteiger partial charge in [0.05, 0.1) is 0 Å². The number of aromatic nitrogens is 1. The fourth-order valence-corrected chi connectivity index (χ4v) is 0.709. The van der Waals surface area contributed by atoms with Gasteiger partial charge < -0.3 is 14.9 Å². The summed E-state index contributed by atoms with van der Waals surface area (Å²) in [7, 11) is 0. The van der Waals surface area contributed by atoms with Gasteiger partial charge >= 0.3 is 0 Å². The highest BCUT2D eigenvalue weighted by Gasteiger charge is 2.08. The third-order valence-electron chi connectivity index (χ3n) is 1.23. The lowest BCUT2D eigenvalue weighted by atomic mass is 10.5. The Hall–Kier alpha value is -1.54. The van der Waals surface area contributed by atoms with Gasteiger partial charge in [0, 0.05) is 6.61 Å². The molecule has 0 aliphatic carbocycles. The number of nitrogens with two attached hydrogens (primary N) is 1. The number of ether oxygens (including phenoxy) is 1. The van der Waals surface area contributed by atoms with Gasteiger partial charge in [-0.05, 0) is 6.92 Å². The van der Waals surface area contributed by atoms with E-state index in [1.807, 2.05) is 6.92 Å². The lowest BCUT2D eigenvalue weighted by Gasteiger charge is -1.92. The van der Waals surface area contributed by atoms with Crippen LogP contribution in [0.15, 0.2) is 4.42 Å². The Morgan fingerprint density at radius 2 is 2.50 bits per heavy atom. The summed E-state index contributed by atoms with van der Waals surface area (Å²) in [6, 6.07) is 1.81. The summed E-state index contributed by atoms with van der Waals surface area (Å²) in [5.41, 5.74) is 5.43. The molecule has 0 radical (unpaired) electrons. The molecule has 5 nitrogen and oxygen atoms in total. The Labute approximate surface area is 69.8 Å². The third kappa shape index (κ3) is 1.74. The number of oxazole rings is 1. The zero-order chi connectivity index (χ0) is 8.97. The van der Waals surface area contributed by atoms with Crippen LogP contribution in [0.2, 0.25) is 0 Å². The number of nitrogen functional groups attached to an aromatic ring is 1. The number of anilines is 1. The van der Waals surface area contributed by atoms with E-state index in [0.717, 1.165) is 0 Å². The Morgan fingerprint density at radius 1 is 1.75 bits per heavy atom. The van der Waals surface area contributed by atoms with E-state index in [-0.39, 0.29) is 18.2 Å². The molecule has 64 valence electrons. The zero-order valence-electron chi connectivity index (χ0n) is 6.70. The van der Waals surface area contributed by atoms with Gasteiger partial charge in [0.25, 0.3) is 0 Å². The molecular formula is C7H9N3O2. The minimum absolute atomic E-state index is 0.0483. The smallest absolute Gasteiger partial charge is 0.229 e. The molecule has 1 aromatic heterocycles. The van der Waals surface area contributed by atoms with Crippen LogP contribution in [0, 0.1) is 11.3 Å². The lowest BCUT2D eigenvalue weighted by molar-refractivity contribution is 0.115. The Bertz CT molecular complexity index is 300. The molecule has 0 atom stereocenters. The number of nitriles is 1. The second-order valence-corrected chi connectivity index (χ2v) is 2.07. The van der Waals surface area contributed by atoms with Gasteiger partial charge in [-0.3, -0.25) is 0 Å². The summed E-state index contributed by atoms with van der Waals surface area (Å²) >= 11 is 0. The molecule has 0 aliphatic rings. The maximum Gasteiger partial charge on any atom is 0.229 e. The molecule has 0 aliphatic heterocycles. The molecule has 1 rings (SSSR count). The van der Waals surface area contributed by atoms with Crippen LogP contribution in [-0.2, 0) is 11.3 Å². The van der Waals surface area contributed by atoms with Gasteiger partial charge in [-0.25, -0.2) is 0 Å². The van der Waals surface area contributed by atoms with Crippen LogP contribution in [0.5, 0.6) is 0 Å². The average molecular weight is 167 g/mol. The highest BCUT2D eigenvalue weighted by molar-refractivity contribution is 5.40. The molecular weight excluding hydrogens is 158 g/mol. The molecule has 0 aromatic carbocycles. The summed E-state index contributed by atoms with van der Waals surface area (Å²) in [5, 5.41) is 8.46. The topological polar surface area (TPSA) is 85.1 Å². The van der Waals surface area contributed by atoms with Crippen molar-refractivity contribution in [2.24, 2.45) is 0 Å². The van der Waals surface area contributed by atoms with Crippen molar-refractivity contribution in [2.75, 3.05) is 12.3 Å². The SMILES string of the molecule is CCOCc1nc(C#N)c(N)o1. The Balaban J connectivity index is 2.70. The summed E-state index contributed by atoms with van der Waals surface area (Å²) in [5.74, 6) is 0.387. The second-order valence-electron chi connectivity index (χ2n) is 2.07. The van der Waals surface area contributed by atoms with Gasteiger partial charge in [-0.1, -0.05) is 0 Å². The quantitative estimate of drug-likeness (QED) is 0.714. The first-order valence-electron chi connectivity index (χ1n) is 3.51. The van der Waals surface area contributed by atoms with E-state index in [0.29, 0.717) is 12.5 Å². The van der Waals surface area contributed by atoms with E-state index in [1.54, 1.807) is 6.07 Å². The minimum atomic E-state index is 0.0483. The van der Waals surface area contributed by atoms with Gasteiger partial charge in [-0.2, -0.15) is 10.2 Å². The third-order valence-corrected chi connectivity index (χ3v) is 1.23. The maximum absolute atomic E-state index is 8.46. The average Bonchev–Trinajstić information content (AvgIpc) is 2.43. The number of hydrogen-bond acceptors (Lipinski definition) is 5. The zero-order valence-corrected chi connectivity index (χ0v) is 6.70. The summed E-state index contributed by atoms with van der Waals surface area (Å²) in [6.45, 7) is 2.68. The van der Waals surface area contributed by atoms with Crippen LogP contribution in [0.4, 0.5) is 5.88 Å². The molecule has 0 fully saturated rings. The van der Waals surface area contributed by atoms with Crippen LogP contribution < -0.4 is 5.73 Å². The number of nitrogens with zero attached hydrogens (tertiary/aromatic N) is 2. The number of rotatable bonds is 3. The van der Waals surface area contributed by atoms with Gasteiger partial charge in [0.1, 0.15) is 12.7 Å². The largest absolute Gasteiger partial charge is 0.422 e. The molecule has 0 unspecified atom stereocenters. The van der Waals surface area contributed by atoms with Crippen molar-refractivity contribution in [1.29, 1.82) is 5.26 Å². The summed E-state index contributed by atoms with van der Waals surface area (Å²) < 4.78 is 9.94. The lowest BCUT2D eigenvalue weighted by Crippen LogP contribution is -1.91.